The molecule has 0 aliphatic carbocycles. The van der Waals surface area contributed by atoms with Crippen LogP contribution in [0.4, 0.5) is 11.5 Å². The number of rotatable bonds is 12. The topological polar surface area (TPSA) is 99.2 Å². The van der Waals surface area contributed by atoms with E-state index in [0.29, 0.717) is 29.0 Å². The Hall–Kier alpha value is -3.33. The zero-order chi connectivity index (χ0) is 23.5. The number of aryl methyl sites for hydroxylation is 3. The lowest BCUT2D eigenvalue weighted by Gasteiger charge is -2.14. The van der Waals surface area contributed by atoms with Crippen LogP contribution in [0.5, 0.6) is 11.5 Å². The second-order valence-corrected chi connectivity index (χ2v) is 8.13. The molecule has 0 fully saturated rings. The fourth-order valence-corrected chi connectivity index (χ4v) is 3.53. The molecule has 0 amide bonds. The molecule has 0 bridgehead atoms. The molecule has 2 heterocycles. The summed E-state index contributed by atoms with van der Waals surface area (Å²) in [6.45, 7) is 4.33. The Labute approximate surface area is 200 Å². The van der Waals surface area contributed by atoms with Crippen LogP contribution in [0.1, 0.15) is 30.5 Å². The molecule has 0 aliphatic rings. The number of aromatic nitrogens is 3. The third kappa shape index (κ3) is 7.94. The van der Waals surface area contributed by atoms with Crippen molar-refractivity contribution in [3.8, 4) is 11.5 Å². The summed E-state index contributed by atoms with van der Waals surface area (Å²) < 4.78 is 13.5. The fourth-order valence-electron chi connectivity index (χ4n) is 3.31. The van der Waals surface area contributed by atoms with Gasteiger partial charge in [-0.3, -0.25) is 0 Å². The molecule has 33 heavy (non-hydrogen) atoms. The largest absolute Gasteiger partial charge is 0.493 e. The van der Waals surface area contributed by atoms with Crippen LogP contribution in [0, 0.1) is 6.92 Å². The highest BCUT2D eigenvalue weighted by Gasteiger charge is 2.07. The Morgan fingerprint density at radius 2 is 2.00 bits per heavy atom. The van der Waals surface area contributed by atoms with Crippen LogP contribution in [0.15, 0.2) is 49.1 Å². The van der Waals surface area contributed by atoms with Crippen LogP contribution >= 0.6 is 12.2 Å². The first-order valence-electron chi connectivity index (χ1n) is 11.1. The molecular weight excluding hydrogens is 436 g/mol. The highest BCUT2D eigenvalue weighted by molar-refractivity contribution is 7.80. The van der Waals surface area contributed by atoms with Gasteiger partial charge in [-0.05, 0) is 68.6 Å². The van der Waals surface area contributed by atoms with E-state index in [1.165, 1.54) is 5.56 Å². The van der Waals surface area contributed by atoms with Crippen LogP contribution < -0.4 is 25.8 Å². The van der Waals surface area contributed by atoms with E-state index >= 15 is 0 Å². The number of pyridine rings is 1. The van der Waals surface area contributed by atoms with Gasteiger partial charge in [0.2, 0.25) is 0 Å². The van der Waals surface area contributed by atoms with Crippen molar-refractivity contribution in [2.45, 2.75) is 39.2 Å². The average molecular weight is 469 g/mol. The quantitative estimate of drug-likeness (QED) is 0.271. The molecule has 8 nitrogen and oxygen atoms in total. The summed E-state index contributed by atoms with van der Waals surface area (Å²) in [4.78, 5) is 8.25. The Kier molecular flexibility index (Phi) is 9.31. The van der Waals surface area contributed by atoms with E-state index in [1.807, 2.05) is 56.0 Å². The van der Waals surface area contributed by atoms with Gasteiger partial charge in [-0.1, -0.05) is 6.07 Å². The maximum Gasteiger partial charge on any atom is 0.170 e. The fraction of sp³-hybridized carbons (Fsp3) is 0.375. The van der Waals surface area contributed by atoms with Gasteiger partial charge in [-0.25, -0.2) is 9.97 Å². The maximum atomic E-state index is 5.93. The SMILES string of the molecule is COc1cc(NC(=S)NCCCn2cncc2C)ccc1OCCCCc1ccc(N)nc1. The minimum atomic E-state index is 0.546. The zero-order valence-electron chi connectivity index (χ0n) is 19.2. The van der Waals surface area contributed by atoms with E-state index in [0.717, 1.165) is 50.2 Å². The van der Waals surface area contributed by atoms with Crippen molar-refractivity contribution in [3.05, 3.63) is 60.3 Å². The summed E-state index contributed by atoms with van der Waals surface area (Å²) in [5.41, 5.74) is 8.80. The number of benzene rings is 1. The summed E-state index contributed by atoms with van der Waals surface area (Å²) in [6, 6.07) is 9.56. The summed E-state index contributed by atoms with van der Waals surface area (Å²) in [6.07, 6.45) is 9.37. The number of hydrogen-bond donors (Lipinski definition) is 3. The molecule has 3 rings (SSSR count). The molecule has 0 atom stereocenters. The first-order valence-corrected chi connectivity index (χ1v) is 11.5. The van der Waals surface area contributed by atoms with E-state index < -0.39 is 0 Å². The number of nitrogens with zero attached hydrogens (tertiary/aromatic N) is 3. The predicted octanol–water partition coefficient (Wildman–Crippen LogP) is 3.96. The minimum absolute atomic E-state index is 0.546. The smallest absolute Gasteiger partial charge is 0.170 e. The molecular formula is C24H32N6O2S. The van der Waals surface area contributed by atoms with E-state index in [9.17, 15) is 0 Å². The van der Waals surface area contributed by atoms with Crippen molar-refractivity contribution in [1.29, 1.82) is 0 Å². The van der Waals surface area contributed by atoms with E-state index in [2.05, 4.69) is 25.2 Å². The molecule has 2 aromatic heterocycles. The molecule has 3 aromatic rings. The zero-order valence-corrected chi connectivity index (χ0v) is 20.0. The third-order valence-electron chi connectivity index (χ3n) is 5.17. The van der Waals surface area contributed by atoms with E-state index in [1.54, 1.807) is 7.11 Å². The van der Waals surface area contributed by atoms with Gasteiger partial charge in [0.25, 0.3) is 0 Å². The molecule has 0 saturated carbocycles. The van der Waals surface area contributed by atoms with Crippen LogP contribution in [0.25, 0.3) is 0 Å². The van der Waals surface area contributed by atoms with Gasteiger partial charge >= 0.3 is 0 Å². The van der Waals surface area contributed by atoms with Gasteiger partial charge < -0.3 is 30.4 Å². The number of thiocarbonyl (C=S) groups is 1. The Morgan fingerprint density at radius 3 is 2.73 bits per heavy atom. The van der Waals surface area contributed by atoms with Crippen LogP contribution in [-0.4, -0.2) is 39.9 Å². The first-order chi connectivity index (χ1) is 16.0. The van der Waals surface area contributed by atoms with Crippen LogP contribution in [0.3, 0.4) is 0 Å². The standard InChI is InChI=1S/C24H32N6O2S/c1-18-15-26-17-30(18)12-5-11-27-24(33)29-20-8-9-21(22(14-20)31-2)32-13-4-3-6-19-7-10-23(25)28-16-19/h7-10,14-17H,3-6,11-13H2,1-2H3,(H2,25,28)(H2,27,29,33). The Balaban J connectivity index is 1.37. The van der Waals surface area contributed by atoms with Crippen molar-refractivity contribution >= 4 is 28.8 Å². The van der Waals surface area contributed by atoms with Gasteiger partial charge in [0.1, 0.15) is 5.82 Å². The van der Waals surface area contributed by atoms with Crippen LogP contribution in [0.2, 0.25) is 0 Å². The number of nitrogen functional groups attached to an aromatic ring is 1. The predicted molar refractivity (Wildman–Crippen MR) is 136 cm³/mol. The average Bonchev–Trinajstić information content (AvgIpc) is 3.23. The lowest BCUT2D eigenvalue weighted by Crippen LogP contribution is -2.29. The lowest BCUT2D eigenvalue weighted by molar-refractivity contribution is 0.286. The number of hydrogen-bond acceptors (Lipinski definition) is 6. The first kappa shape index (κ1) is 24.3. The summed E-state index contributed by atoms with van der Waals surface area (Å²) in [5.74, 6) is 1.93. The normalized spacial score (nSPS) is 10.6. The highest BCUT2D eigenvalue weighted by Crippen LogP contribution is 2.30. The van der Waals surface area contributed by atoms with Gasteiger partial charge in [-0.15, -0.1) is 0 Å². The molecule has 0 unspecified atom stereocenters. The molecule has 9 heteroatoms. The molecule has 0 saturated heterocycles. The van der Waals surface area contributed by atoms with E-state index in [4.69, 9.17) is 27.4 Å². The molecule has 0 aliphatic heterocycles. The molecule has 0 spiro atoms. The van der Waals surface area contributed by atoms with Crippen LogP contribution in [-0.2, 0) is 13.0 Å². The van der Waals surface area contributed by atoms with Gasteiger partial charge in [0, 0.05) is 42.9 Å². The number of ether oxygens (including phenoxy) is 2. The number of nitrogens with two attached hydrogens (primary N) is 1. The van der Waals surface area contributed by atoms with E-state index in [-0.39, 0.29) is 0 Å². The number of nitrogens with one attached hydrogen (secondary N) is 2. The van der Waals surface area contributed by atoms with Gasteiger partial charge in [-0.2, -0.15) is 0 Å². The Bertz CT molecular complexity index is 1020. The number of imidazole rings is 1. The summed E-state index contributed by atoms with van der Waals surface area (Å²) in [7, 11) is 1.63. The summed E-state index contributed by atoms with van der Waals surface area (Å²) >= 11 is 5.41. The summed E-state index contributed by atoms with van der Waals surface area (Å²) in [5, 5.41) is 7.01. The second kappa shape index (κ2) is 12.6. The third-order valence-corrected chi connectivity index (χ3v) is 5.41. The monoisotopic (exact) mass is 468 g/mol. The van der Waals surface area contributed by atoms with Gasteiger partial charge in [0.05, 0.1) is 20.0 Å². The van der Waals surface area contributed by atoms with Crippen molar-refractivity contribution < 1.29 is 9.47 Å². The molecule has 4 N–H and O–H groups in total. The molecule has 0 radical (unpaired) electrons. The van der Waals surface area contributed by atoms with Crippen molar-refractivity contribution in [1.82, 2.24) is 19.9 Å². The molecule has 1 aromatic carbocycles. The number of unbranched alkanes of at least 4 members (excludes halogenated alkanes) is 1. The highest BCUT2D eigenvalue weighted by atomic mass is 32.1. The molecule has 176 valence electrons. The van der Waals surface area contributed by atoms with Crippen molar-refractivity contribution in [2.24, 2.45) is 0 Å². The second-order valence-electron chi connectivity index (χ2n) is 7.73. The van der Waals surface area contributed by atoms with Crippen molar-refractivity contribution in [2.75, 3.05) is 31.3 Å². The van der Waals surface area contributed by atoms with Gasteiger partial charge in [0.15, 0.2) is 16.6 Å². The minimum Gasteiger partial charge on any atom is -0.493 e. The Morgan fingerprint density at radius 1 is 1.12 bits per heavy atom. The van der Waals surface area contributed by atoms with Crippen molar-refractivity contribution in [3.63, 3.8) is 0 Å². The number of anilines is 2. The maximum absolute atomic E-state index is 5.93. The number of methoxy groups -OCH3 is 1. The lowest BCUT2D eigenvalue weighted by atomic mass is 10.1.